The van der Waals surface area contributed by atoms with E-state index in [0.29, 0.717) is 11.1 Å². The normalized spacial score (nSPS) is 14.8. The number of ether oxygens (including phenoxy) is 2. The monoisotopic (exact) mass is 605 g/mol. The van der Waals surface area contributed by atoms with E-state index in [2.05, 4.69) is 15.0 Å². The minimum Gasteiger partial charge on any atom is -0.435 e. The number of nitrogens with zero attached hydrogens (tertiary/aromatic N) is 2. The molecule has 11 nitrogen and oxygen atoms in total. The average Bonchev–Trinajstić information content (AvgIpc) is 3.42. The largest absolute Gasteiger partial charge is 0.435 e. The molecule has 14 heteroatoms. The molecule has 2 heterocycles. The number of hydrogen-bond donors (Lipinski definition) is 1. The number of benzene rings is 2. The van der Waals surface area contributed by atoms with Crippen LogP contribution < -0.4 is 10.1 Å². The Morgan fingerprint density at radius 2 is 1.76 bits per heavy atom. The number of Topliss-reactive ketones (excluding diaryl/α,β-unsaturated/α-hetero) is 1. The molecule has 1 aliphatic heterocycles. The Bertz CT molecular complexity index is 1540. The quantitative estimate of drug-likeness (QED) is 0.243. The Kier molecular flexibility index (Phi) is 10.4. The Balaban J connectivity index is 1.64. The molecule has 1 aromatic heterocycles. The fourth-order valence-electron chi connectivity index (χ4n) is 4.57. The third-order valence-electron chi connectivity index (χ3n) is 6.76. The molecule has 1 fully saturated rings. The van der Waals surface area contributed by atoms with Crippen LogP contribution in [0.25, 0.3) is 11.1 Å². The highest BCUT2D eigenvalue weighted by Crippen LogP contribution is 2.24. The summed E-state index contributed by atoms with van der Waals surface area (Å²) in [5.41, 5.74) is 0.888. The maximum Gasteiger partial charge on any atom is 0.387 e. The lowest BCUT2D eigenvalue weighted by molar-refractivity contribution is -0.138. The lowest BCUT2D eigenvalue weighted by atomic mass is 9.93. The van der Waals surface area contributed by atoms with Gasteiger partial charge in [0.15, 0.2) is 5.58 Å². The molecule has 0 aliphatic carbocycles. The van der Waals surface area contributed by atoms with Crippen molar-refractivity contribution in [3.8, 4) is 5.75 Å². The van der Waals surface area contributed by atoms with Gasteiger partial charge in [0.1, 0.15) is 11.3 Å². The Morgan fingerprint density at radius 3 is 2.43 bits per heavy atom. The maximum atomic E-state index is 13.7. The zero-order valence-electron chi connectivity index (χ0n) is 22.6. The summed E-state index contributed by atoms with van der Waals surface area (Å²) >= 11 is 0. The first-order valence-corrected chi connectivity index (χ1v) is 14.3. The van der Waals surface area contributed by atoms with Gasteiger partial charge in [0.2, 0.25) is 27.9 Å². The number of fused-ring (bicyclic) bond motifs is 1. The highest BCUT2D eigenvalue weighted by molar-refractivity contribution is 7.73. The third-order valence-corrected chi connectivity index (χ3v) is 7.62. The zero-order valence-corrected chi connectivity index (χ0v) is 23.4. The van der Waals surface area contributed by atoms with Crippen LogP contribution in [0.2, 0.25) is 0 Å². The van der Waals surface area contributed by atoms with E-state index < -0.39 is 64.2 Å². The summed E-state index contributed by atoms with van der Waals surface area (Å²) in [6.07, 6.45) is -0.918. The van der Waals surface area contributed by atoms with Crippen molar-refractivity contribution in [1.82, 2.24) is 15.2 Å². The predicted molar refractivity (Wildman–Crippen MR) is 147 cm³/mol. The van der Waals surface area contributed by atoms with Gasteiger partial charge in [-0.1, -0.05) is 37.3 Å². The maximum absolute atomic E-state index is 13.7. The fraction of sp³-hybridized carbons (Fsp3) is 0.393. The molecule has 0 spiro atoms. The number of hydrogen-bond acceptors (Lipinski definition) is 9. The highest BCUT2D eigenvalue weighted by Gasteiger charge is 2.34. The van der Waals surface area contributed by atoms with Crippen LogP contribution >= 0.6 is 0 Å². The van der Waals surface area contributed by atoms with Gasteiger partial charge >= 0.3 is 6.61 Å². The molecule has 0 bridgehead atoms. The van der Waals surface area contributed by atoms with Crippen molar-refractivity contribution in [2.24, 2.45) is 5.92 Å². The summed E-state index contributed by atoms with van der Waals surface area (Å²) in [7, 11) is -3.02. The van der Waals surface area contributed by atoms with E-state index in [4.69, 9.17) is 9.15 Å². The van der Waals surface area contributed by atoms with Crippen molar-refractivity contribution in [3.05, 3.63) is 60.0 Å². The number of nitrogens with one attached hydrogen (secondary N) is 1. The number of rotatable bonds is 12. The van der Waals surface area contributed by atoms with E-state index in [1.54, 1.807) is 31.2 Å². The first kappa shape index (κ1) is 30.8. The molecule has 1 N–H and O–H groups in total. The number of ketones is 1. The number of halogens is 2. The van der Waals surface area contributed by atoms with Crippen molar-refractivity contribution < 1.29 is 45.5 Å². The van der Waals surface area contributed by atoms with Gasteiger partial charge in [0, 0.05) is 25.9 Å². The predicted octanol–water partition coefficient (Wildman–Crippen LogP) is 2.67. The Hall–Kier alpha value is -4.17. The molecule has 4 rings (SSSR count). The molecule has 0 saturated carbocycles. The number of oxazole rings is 1. The van der Waals surface area contributed by atoms with E-state index in [1.165, 1.54) is 29.2 Å². The first-order chi connectivity index (χ1) is 20.2. The lowest BCUT2D eigenvalue weighted by Gasteiger charge is -2.29. The summed E-state index contributed by atoms with van der Waals surface area (Å²) in [6, 6.07) is 11.1. The average molecular weight is 606 g/mol. The second-order valence-electron chi connectivity index (χ2n) is 9.43. The van der Waals surface area contributed by atoms with Crippen LogP contribution in [0.5, 0.6) is 5.75 Å². The zero-order chi connectivity index (χ0) is 30.2. The minimum atomic E-state index is -3.17. The van der Waals surface area contributed by atoms with Gasteiger partial charge in [-0.15, -0.1) is 0 Å². The summed E-state index contributed by atoms with van der Waals surface area (Å²) in [5.74, 6) is -4.11. The highest BCUT2D eigenvalue weighted by atomic mass is 32.2. The van der Waals surface area contributed by atoms with Crippen molar-refractivity contribution in [3.63, 3.8) is 0 Å². The van der Waals surface area contributed by atoms with Gasteiger partial charge in [0.25, 0.3) is 5.89 Å². The van der Waals surface area contributed by atoms with Gasteiger partial charge in [-0.2, -0.15) is 17.2 Å². The number of amides is 2. The van der Waals surface area contributed by atoms with E-state index in [0.717, 1.165) is 0 Å². The molecule has 2 amide bonds. The van der Waals surface area contributed by atoms with Crippen LogP contribution in [0.4, 0.5) is 8.78 Å². The van der Waals surface area contributed by atoms with Gasteiger partial charge in [-0.3, -0.25) is 14.4 Å². The smallest absolute Gasteiger partial charge is 0.387 e. The van der Waals surface area contributed by atoms with E-state index >= 15 is 0 Å². The summed E-state index contributed by atoms with van der Waals surface area (Å²) in [6.45, 7) is -0.473. The van der Waals surface area contributed by atoms with Gasteiger partial charge in [-0.25, -0.2) is 4.98 Å². The SMILES string of the molecule is CCC(NC(=O)C(CC(=O)N1CCOCC1)C(Cc1ccccc1OC(F)F)=S(=O)=O)C(=O)c1nc2ccccc2o1. The second kappa shape index (κ2) is 14.1. The van der Waals surface area contributed by atoms with Crippen LogP contribution in [-0.2, 0) is 31.0 Å². The molecular weight excluding hydrogens is 576 g/mol. The lowest BCUT2D eigenvalue weighted by Crippen LogP contribution is -2.48. The van der Waals surface area contributed by atoms with Gasteiger partial charge < -0.3 is 24.1 Å². The molecular formula is C28H29F2N3O8S. The van der Waals surface area contributed by atoms with Crippen LogP contribution in [0.1, 0.15) is 36.0 Å². The number of carbonyl (C=O) groups is 3. The molecule has 2 aromatic carbocycles. The Morgan fingerprint density at radius 1 is 1.07 bits per heavy atom. The first-order valence-electron chi connectivity index (χ1n) is 13.2. The van der Waals surface area contributed by atoms with E-state index in [9.17, 15) is 31.6 Å². The molecule has 2 atom stereocenters. The Labute approximate surface area is 241 Å². The number of carbonyl (C=O) groups excluding carboxylic acids is 3. The summed E-state index contributed by atoms with van der Waals surface area (Å²) in [5, 5.41) is 2.56. The van der Waals surface area contributed by atoms with Crippen molar-refractivity contribution in [2.75, 3.05) is 26.3 Å². The van der Waals surface area contributed by atoms with Crippen molar-refractivity contribution in [1.29, 1.82) is 0 Å². The van der Waals surface area contributed by atoms with Crippen LogP contribution in [0.15, 0.2) is 52.9 Å². The van der Waals surface area contributed by atoms with Crippen LogP contribution in [0, 0.1) is 5.92 Å². The fourth-order valence-corrected chi connectivity index (χ4v) is 5.26. The molecule has 1 aliphatic rings. The van der Waals surface area contributed by atoms with Gasteiger partial charge in [-0.05, 0) is 30.2 Å². The van der Waals surface area contributed by atoms with E-state index in [1.807, 2.05) is 0 Å². The molecule has 2 unspecified atom stereocenters. The van der Waals surface area contributed by atoms with Gasteiger partial charge in [0.05, 0.1) is 30.0 Å². The number of para-hydroxylation sites is 3. The number of morpholine rings is 1. The van der Waals surface area contributed by atoms with Crippen molar-refractivity contribution in [2.45, 2.75) is 38.8 Å². The van der Waals surface area contributed by atoms with Crippen molar-refractivity contribution >= 4 is 43.9 Å². The van der Waals surface area contributed by atoms with Crippen LogP contribution in [-0.4, -0.2) is 79.7 Å². The minimum absolute atomic E-state index is 0.0724. The van der Waals surface area contributed by atoms with Crippen LogP contribution in [0.3, 0.4) is 0 Å². The molecule has 0 radical (unpaired) electrons. The second-order valence-corrected chi connectivity index (χ2v) is 10.4. The number of aromatic nitrogens is 1. The summed E-state index contributed by atoms with van der Waals surface area (Å²) < 4.78 is 66.4. The molecule has 1 saturated heterocycles. The molecule has 224 valence electrons. The standard InChI is InChI=1S/C28H29F2N3O8S/c1-2-19(25(35)27-32-20-8-4-6-10-22(20)40-27)31-26(36)18(16-24(34)33-11-13-39-14-12-33)23(42(37)38)15-17-7-3-5-9-21(17)41-28(29)30/h3-10,18-19,28H,2,11-16H2,1H3,(H,31,36). The molecule has 3 aromatic rings. The number of alkyl halides is 2. The third kappa shape index (κ3) is 7.56. The molecule has 42 heavy (non-hydrogen) atoms. The summed E-state index contributed by atoms with van der Waals surface area (Å²) in [4.78, 5) is 45.3. The topological polar surface area (TPSA) is 145 Å². The van der Waals surface area contributed by atoms with E-state index in [-0.39, 0.29) is 49.9 Å².